The molecule has 1 aromatic carbocycles. The molecule has 1 fully saturated rings. The average molecular weight is 417 g/mol. The molecule has 0 amide bonds. The molecular formula is C16H20FN3O5S2. The lowest BCUT2D eigenvalue weighted by molar-refractivity contribution is 0.303. The zero-order chi connectivity index (χ0) is 19.7. The molecule has 0 saturated carbocycles. The molecule has 0 aliphatic carbocycles. The van der Waals surface area contributed by atoms with Crippen LogP contribution in [0.1, 0.15) is 43.7 Å². The summed E-state index contributed by atoms with van der Waals surface area (Å²) in [5.41, 5.74) is -0.00901. The fraction of sp³-hybridized carbons (Fsp3) is 0.500. The van der Waals surface area contributed by atoms with E-state index in [2.05, 4.69) is 10.2 Å². The van der Waals surface area contributed by atoms with E-state index in [-0.39, 0.29) is 17.2 Å². The third kappa shape index (κ3) is 4.19. The van der Waals surface area contributed by atoms with Gasteiger partial charge in [-0.3, -0.25) is 0 Å². The summed E-state index contributed by atoms with van der Waals surface area (Å²) in [6, 6.07) is 4.84. The van der Waals surface area contributed by atoms with E-state index in [1.807, 2.05) is 0 Å². The van der Waals surface area contributed by atoms with Gasteiger partial charge in [-0.1, -0.05) is 30.2 Å². The zero-order valence-electron chi connectivity index (χ0n) is 14.7. The second-order valence-corrected chi connectivity index (χ2v) is 10.2. The lowest BCUT2D eigenvalue weighted by Gasteiger charge is -2.20. The first-order valence-corrected chi connectivity index (χ1v) is 11.8. The first-order valence-electron chi connectivity index (χ1n) is 8.53. The Morgan fingerprint density at radius 3 is 2.67 bits per heavy atom. The molecule has 1 atom stereocenters. The van der Waals surface area contributed by atoms with Crippen LogP contribution in [0.4, 0.5) is 4.39 Å². The van der Waals surface area contributed by atoms with E-state index in [1.54, 1.807) is 6.92 Å². The Morgan fingerprint density at radius 2 is 1.96 bits per heavy atom. The molecule has 1 aliphatic heterocycles. The van der Waals surface area contributed by atoms with Crippen LogP contribution in [-0.2, 0) is 25.6 Å². The number of hydrogen-bond donors (Lipinski definition) is 0. The number of sulfone groups is 1. The number of halogens is 1. The maximum atomic E-state index is 13.7. The first-order chi connectivity index (χ1) is 12.7. The molecule has 1 saturated heterocycles. The molecule has 0 bridgehead atoms. The Labute approximate surface area is 157 Å². The first kappa shape index (κ1) is 19.9. The SMILES string of the molecule is CCCS(=O)(=O)N1CCC[C@H]1c1nnc(S(=O)(=O)Cc2ccccc2F)o1. The van der Waals surface area contributed by atoms with E-state index in [9.17, 15) is 21.2 Å². The predicted octanol–water partition coefficient (Wildman–Crippen LogP) is 2.06. The summed E-state index contributed by atoms with van der Waals surface area (Å²) in [4.78, 5) is 0. The minimum Gasteiger partial charge on any atom is -0.411 e. The van der Waals surface area contributed by atoms with Crippen LogP contribution in [0, 0.1) is 5.82 Å². The molecule has 11 heteroatoms. The fourth-order valence-electron chi connectivity index (χ4n) is 3.06. The van der Waals surface area contributed by atoms with Gasteiger partial charge in [-0.05, 0) is 25.3 Å². The molecule has 0 spiro atoms. The summed E-state index contributed by atoms with van der Waals surface area (Å²) < 4.78 is 70.0. The highest BCUT2D eigenvalue weighted by Gasteiger charge is 2.38. The van der Waals surface area contributed by atoms with Crippen LogP contribution >= 0.6 is 0 Å². The van der Waals surface area contributed by atoms with Crippen molar-refractivity contribution in [1.29, 1.82) is 0 Å². The van der Waals surface area contributed by atoms with Crippen molar-refractivity contribution >= 4 is 19.9 Å². The lowest BCUT2D eigenvalue weighted by atomic mass is 10.2. The van der Waals surface area contributed by atoms with E-state index in [0.717, 1.165) is 0 Å². The van der Waals surface area contributed by atoms with Gasteiger partial charge in [0.1, 0.15) is 11.9 Å². The van der Waals surface area contributed by atoms with E-state index in [0.29, 0.717) is 25.8 Å². The van der Waals surface area contributed by atoms with Gasteiger partial charge in [0, 0.05) is 12.1 Å². The molecule has 0 radical (unpaired) electrons. The summed E-state index contributed by atoms with van der Waals surface area (Å²) in [5, 5.41) is 6.69. The summed E-state index contributed by atoms with van der Waals surface area (Å²) in [7, 11) is -7.54. The Bertz CT molecular complexity index is 1020. The van der Waals surface area contributed by atoms with Gasteiger partial charge in [-0.15, -0.1) is 5.10 Å². The molecule has 148 valence electrons. The minimum atomic E-state index is -4.06. The van der Waals surface area contributed by atoms with E-state index in [1.165, 1.54) is 28.6 Å². The molecular weight excluding hydrogens is 397 g/mol. The number of aromatic nitrogens is 2. The average Bonchev–Trinajstić information content (AvgIpc) is 3.26. The Balaban J connectivity index is 1.85. The molecule has 2 aromatic rings. The van der Waals surface area contributed by atoms with Gasteiger partial charge in [0.25, 0.3) is 0 Å². The molecule has 27 heavy (non-hydrogen) atoms. The highest BCUT2D eigenvalue weighted by Crippen LogP contribution is 2.34. The quantitative estimate of drug-likeness (QED) is 0.678. The van der Waals surface area contributed by atoms with Crippen LogP contribution < -0.4 is 0 Å². The van der Waals surface area contributed by atoms with Crippen molar-refractivity contribution in [3.8, 4) is 0 Å². The second kappa shape index (κ2) is 7.64. The summed E-state index contributed by atoms with van der Waals surface area (Å²) >= 11 is 0. The largest absolute Gasteiger partial charge is 0.411 e. The van der Waals surface area contributed by atoms with Crippen LogP contribution in [0.5, 0.6) is 0 Å². The molecule has 0 unspecified atom stereocenters. The molecule has 0 N–H and O–H groups in total. The van der Waals surface area contributed by atoms with Gasteiger partial charge < -0.3 is 4.42 Å². The summed E-state index contributed by atoms with van der Waals surface area (Å²) in [6.07, 6.45) is 1.56. The molecule has 1 aromatic heterocycles. The van der Waals surface area contributed by atoms with Gasteiger partial charge >= 0.3 is 5.22 Å². The van der Waals surface area contributed by atoms with Gasteiger partial charge in [-0.2, -0.15) is 4.31 Å². The molecule has 1 aliphatic rings. The molecule has 3 rings (SSSR count). The van der Waals surface area contributed by atoms with Crippen LogP contribution in [0.3, 0.4) is 0 Å². The standard InChI is InChI=1S/C16H20FN3O5S2/c1-2-10-27(23,24)20-9-5-8-14(20)15-18-19-16(25-15)26(21,22)11-12-6-3-4-7-13(12)17/h3-4,6-7,14H,2,5,8-11H2,1H3/t14-/m0/s1. The van der Waals surface area contributed by atoms with Crippen molar-refractivity contribution in [3.63, 3.8) is 0 Å². The summed E-state index contributed by atoms with van der Waals surface area (Å²) in [5.74, 6) is -1.33. The smallest absolute Gasteiger partial charge is 0.335 e. The Morgan fingerprint density at radius 1 is 1.22 bits per heavy atom. The maximum absolute atomic E-state index is 13.7. The number of hydrogen-bond acceptors (Lipinski definition) is 7. The van der Waals surface area contributed by atoms with Crippen LogP contribution in [-0.4, -0.2) is 43.6 Å². The van der Waals surface area contributed by atoms with E-state index < -0.39 is 42.7 Å². The van der Waals surface area contributed by atoms with Crippen molar-refractivity contribution in [3.05, 3.63) is 41.5 Å². The van der Waals surface area contributed by atoms with Crippen LogP contribution in [0.2, 0.25) is 0 Å². The van der Waals surface area contributed by atoms with Crippen LogP contribution in [0.25, 0.3) is 0 Å². The number of rotatable bonds is 7. The van der Waals surface area contributed by atoms with Crippen LogP contribution in [0.15, 0.2) is 33.9 Å². The predicted molar refractivity (Wildman–Crippen MR) is 94.3 cm³/mol. The number of sulfonamides is 1. The number of nitrogens with zero attached hydrogens (tertiary/aromatic N) is 3. The minimum absolute atomic E-state index is 0.00389. The topological polar surface area (TPSA) is 110 Å². The van der Waals surface area contributed by atoms with Crippen molar-refractivity contribution in [2.75, 3.05) is 12.3 Å². The Kier molecular flexibility index (Phi) is 5.63. The van der Waals surface area contributed by atoms with E-state index >= 15 is 0 Å². The van der Waals surface area contributed by atoms with Crippen molar-refractivity contribution in [2.45, 2.75) is 43.2 Å². The third-order valence-corrected chi connectivity index (χ3v) is 7.76. The maximum Gasteiger partial charge on any atom is 0.335 e. The highest BCUT2D eigenvalue weighted by atomic mass is 32.2. The number of benzene rings is 1. The van der Waals surface area contributed by atoms with Gasteiger partial charge in [0.05, 0.1) is 11.5 Å². The van der Waals surface area contributed by atoms with Crippen molar-refractivity contribution in [2.24, 2.45) is 0 Å². The fourth-order valence-corrected chi connectivity index (χ4v) is 5.94. The Hall–Kier alpha value is -1.85. The zero-order valence-corrected chi connectivity index (χ0v) is 16.3. The highest BCUT2D eigenvalue weighted by molar-refractivity contribution is 7.90. The van der Waals surface area contributed by atoms with E-state index in [4.69, 9.17) is 4.42 Å². The lowest BCUT2D eigenvalue weighted by Crippen LogP contribution is -2.32. The normalized spacial score (nSPS) is 18.8. The van der Waals surface area contributed by atoms with Gasteiger partial charge in [0.2, 0.25) is 25.8 Å². The van der Waals surface area contributed by atoms with Crippen molar-refractivity contribution < 1.29 is 25.6 Å². The molecule has 2 heterocycles. The van der Waals surface area contributed by atoms with Gasteiger partial charge in [-0.25, -0.2) is 21.2 Å². The van der Waals surface area contributed by atoms with Crippen molar-refractivity contribution in [1.82, 2.24) is 14.5 Å². The molecule has 8 nitrogen and oxygen atoms in total. The third-order valence-electron chi connectivity index (χ3n) is 4.30. The second-order valence-electron chi connectivity index (χ2n) is 6.34. The monoisotopic (exact) mass is 417 g/mol. The van der Waals surface area contributed by atoms with Gasteiger partial charge in [0.15, 0.2) is 0 Å². The summed E-state index contributed by atoms with van der Waals surface area (Å²) in [6.45, 7) is 2.09.